The molecular weight excluding hydrogens is 294 g/mol. The van der Waals surface area contributed by atoms with Crippen molar-refractivity contribution < 1.29 is 14.7 Å². The number of aliphatic hydroxyl groups excluding tert-OH is 1. The number of carbonyl (C=O) groups excluding carboxylic acids is 2. The van der Waals surface area contributed by atoms with Gasteiger partial charge in [-0.15, -0.1) is 0 Å². The average Bonchev–Trinajstić information content (AvgIpc) is 2.95. The van der Waals surface area contributed by atoms with Crippen molar-refractivity contribution in [1.29, 1.82) is 0 Å². The minimum atomic E-state index is -0.744. The van der Waals surface area contributed by atoms with Crippen LogP contribution < -0.4 is 10.6 Å². The lowest BCUT2D eigenvalue weighted by Gasteiger charge is -2.11. The lowest BCUT2D eigenvalue weighted by Crippen LogP contribution is -2.39. The van der Waals surface area contributed by atoms with Crippen LogP contribution in [0.3, 0.4) is 0 Å². The second-order valence-corrected chi connectivity index (χ2v) is 5.48. The van der Waals surface area contributed by atoms with E-state index in [1.165, 1.54) is 0 Å². The Hall–Kier alpha value is -2.34. The molecule has 1 heterocycles. The van der Waals surface area contributed by atoms with E-state index in [4.69, 9.17) is 0 Å². The van der Waals surface area contributed by atoms with Crippen molar-refractivity contribution >= 4 is 28.4 Å². The maximum atomic E-state index is 11.9. The van der Waals surface area contributed by atoms with Gasteiger partial charge in [0.1, 0.15) is 0 Å². The van der Waals surface area contributed by atoms with Gasteiger partial charge in [-0.05, 0) is 36.9 Å². The Balaban J connectivity index is 1.98. The predicted molar refractivity (Wildman–Crippen MR) is 90.2 cm³/mol. The number of anilines is 1. The van der Waals surface area contributed by atoms with Crippen LogP contribution in [-0.2, 0) is 16.1 Å². The maximum Gasteiger partial charge on any atom is 0.313 e. The zero-order valence-electron chi connectivity index (χ0n) is 13.5. The monoisotopic (exact) mass is 317 g/mol. The van der Waals surface area contributed by atoms with Gasteiger partial charge >= 0.3 is 11.8 Å². The van der Waals surface area contributed by atoms with Gasteiger partial charge in [0.25, 0.3) is 0 Å². The fourth-order valence-electron chi connectivity index (χ4n) is 2.45. The number of fused-ring (bicyclic) bond motifs is 1. The standard InChI is InChI=1S/C17H23N3O3/c1-3-5-14(21)11-18-16(22)17(23)19-13-7-6-12-8-9-20(4-2)15(12)10-13/h6-10,14,21H,3-5,11H2,1-2H3,(H,18,22)(H,19,23). The lowest BCUT2D eigenvalue weighted by atomic mass is 10.2. The number of nitrogens with zero attached hydrogens (tertiary/aromatic N) is 1. The van der Waals surface area contributed by atoms with Gasteiger partial charge in [-0.2, -0.15) is 0 Å². The third kappa shape index (κ3) is 4.32. The summed E-state index contributed by atoms with van der Waals surface area (Å²) in [6.07, 6.45) is 2.77. The van der Waals surface area contributed by atoms with Crippen molar-refractivity contribution in [2.24, 2.45) is 0 Å². The van der Waals surface area contributed by atoms with E-state index >= 15 is 0 Å². The summed E-state index contributed by atoms with van der Waals surface area (Å²) in [4.78, 5) is 23.7. The van der Waals surface area contributed by atoms with Crippen LogP contribution in [-0.4, -0.2) is 34.1 Å². The number of hydrogen-bond donors (Lipinski definition) is 3. The van der Waals surface area contributed by atoms with Crippen LogP contribution in [0.1, 0.15) is 26.7 Å². The van der Waals surface area contributed by atoms with Gasteiger partial charge in [-0.3, -0.25) is 9.59 Å². The Kier molecular flexibility index (Phi) is 5.76. The van der Waals surface area contributed by atoms with E-state index in [1.54, 1.807) is 6.07 Å². The van der Waals surface area contributed by atoms with E-state index in [1.807, 2.05) is 38.2 Å². The molecule has 0 aliphatic carbocycles. The van der Waals surface area contributed by atoms with Crippen LogP contribution in [0, 0.1) is 0 Å². The van der Waals surface area contributed by atoms with E-state index in [0.717, 1.165) is 23.9 Å². The molecule has 2 rings (SSSR count). The normalized spacial score (nSPS) is 12.1. The maximum absolute atomic E-state index is 11.9. The van der Waals surface area contributed by atoms with E-state index in [-0.39, 0.29) is 6.54 Å². The second-order valence-electron chi connectivity index (χ2n) is 5.48. The number of nitrogens with one attached hydrogen (secondary N) is 2. The summed E-state index contributed by atoms with van der Waals surface area (Å²) >= 11 is 0. The van der Waals surface area contributed by atoms with Crippen molar-refractivity contribution in [3.05, 3.63) is 30.5 Å². The number of aromatic nitrogens is 1. The Morgan fingerprint density at radius 3 is 2.70 bits per heavy atom. The highest BCUT2D eigenvalue weighted by molar-refractivity contribution is 6.39. The first-order chi connectivity index (χ1) is 11.0. The molecule has 1 unspecified atom stereocenters. The van der Waals surface area contributed by atoms with E-state index < -0.39 is 17.9 Å². The fourth-order valence-corrected chi connectivity index (χ4v) is 2.45. The summed E-state index contributed by atoms with van der Waals surface area (Å²) in [6, 6.07) is 7.52. The molecule has 0 saturated heterocycles. The number of hydrogen-bond acceptors (Lipinski definition) is 3. The molecular formula is C17H23N3O3. The molecule has 1 atom stereocenters. The van der Waals surface area contributed by atoms with Crippen molar-refractivity contribution in [3.63, 3.8) is 0 Å². The third-order valence-corrected chi connectivity index (χ3v) is 3.70. The summed E-state index contributed by atoms with van der Waals surface area (Å²) in [7, 11) is 0. The Morgan fingerprint density at radius 1 is 1.22 bits per heavy atom. The molecule has 124 valence electrons. The molecule has 1 aromatic carbocycles. The molecule has 0 fully saturated rings. The first-order valence-corrected chi connectivity index (χ1v) is 7.91. The summed E-state index contributed by atoms with van der Waals surface area (Å²) in [5.74, 6) is -1.48. The fraction of sp³-hybridized carbons (Fsp3) is 0.412. The number of rotatable bonds is 6. The quantitative estimate of drug-likeness (QED) is 0.711. The van der Waals surface area contributed by atoms with E-state index in [9.17, 15) is 14.7 Å². The molecule has 23 heavy (non-hydrogen) atoms. The Labute approximate surface area is 135 Å². The molecule has 0 bridgehead atoms. The highest BCUT2D eigenvalue weighted by Crippen LogP contribution is 2.20. The Bertz CT molecular complexity index is 693. The van der Waals surface area contributed by atoms with Crippen LogP contribution >= 0.6 is 0 Å². The lowest BCUT2D eigenvalue weighted by molar-refractivity contribution is -0.136. The molecule has 2 aromatic rings. The van der Waals surface area contributed by atoms with Crippen LogP contribution in [0.25, 0.3) is 10.9 Å². The highest BCUT2D eigenvalue weighted by Gasteiger charge is 2.15. The zero-order chi connectivity index (χ0) is 16.8. The number of carbonyl (C=O) groups is 2. The van der Waals surface area contributed by atoms with Crippen molar-refractivity contribution in [3.8, 4) is 0 Å². The van der Waals surface area contributed by atoms with Crippen LogP contribution in [0.2, 0.25) is 0 Å². The van der Waals surface area contributed by atoms with E-state index in [2.05, 4.69) is 15.2 Å². The Morgan fingerprint density at radius 2 is 2.00 bits per heavy atom. The zero-order valence-corrected chi connectivity index (χ0v) is 13.5. The molecule has 3 N–H and O–H groups in total. The number of aliphatic hydroxyl groups is 1. The molecule has 6 heteroatoms. The number of benzene rings is 1. The SMILES string of the molecule is CCCC(O)CNC(=O)C(=O)Nc1ccc2ccn(CC)c2c1. The largest absolute Gasteiger partial charge is 0.391 e. The second kappa shape index (κ2) is 7.78. The van der Waals surface area contributed by atoms with Gasteiger partial charge < -0.3 is 20.3 Å². The summed E-state index contributed by atoms with van der Waals surface area (Å²) in [5.41, 5.74) is 1.57. The van der Waals surface area contributed by atoms with E-state index in [0.29, 0.717) is 12.1 Å². The predicted octanol–water partition coefficient (Wildman–Crippen LogP) is 1.88. The minimum Gasteiger partial charge on any atom is -0.391 e. The molecule has 2 amide bonds. The van der Waals surface area contributed by atoms with Gasteiger partial charge in [0.15, 0.2) is 0 Å². The summed E-state index contributed by atoms with van der Waals surface area (Å²) < 4.78 is 2.06. The first-order valence-electron chi connectivity index (χ1n) is 7.91. The van der Waals surface area contributed by atoms with Crippen LogP contribution in [0.4, 0.5) is 5.69 Å². The number of amides is 2. The molecule has 0 saturated carbocycles. The van der Waals surface area contributed by atoms with Gasteiger partial charge in [0, 0.05) is 25.0 Å². The van der Waals surface area contributed by atoms with Crippen LogP contribution in [0.5, 0.6) is 0 Å². The molecule has 1 aromatic heterocycles. The van der Waals surface area contributed by atoms with Gasteiger partial charge in [-0.25, -0.2) is 0 Å². The van der Waals surface area contributed by atoms with Crippen molar-refractivity contribution in [2.45, 2.75) is 39.3 Å². The third-order valence-electron chi connectivity index (χ3n) is 3.70. The molecule has 0 radical (unpaired) electrons. The highest BCUT2D eigenvalue weighted by atomic mass is 16.3. The molecule has 6 nitrogen and oxygen atoms in total. The molecule has 0 spiro atoms. The minimum absolute atomic E-state index is 0.0812. The van der Waals surface area contributed by atoms with Gasteiger partial charge in [-0.1, -0.05) is 19.4 Å². The van der Waals surface area contributed by atoms with Crippen molar-refractivity contribution in [2.75, 3.05) is 11.9 Å². The molecule has 0 aliphatic heterocycles. The number of aryl methyl sites for hydroxylation is 1. The molecule has 0 aliphatic rings. The topological polar surface area (TPSA) is 83.4 Å². The van der Waals surface area contributed by atoms with Gasteiger partial charge in [0.05, 0.1) is 11.6 Å². The first kappa shape index (κ1) is 17.0. The van der Waals surface area contributed by atoms with Crippen LogP contribution in [0.15, 0.2) is 30.5 Å². The van der Waals surface area contributed by atoms with Crippen molar-refractivity contribution in [1.82, 2.24) is 9.88 Å². The smallest absolute Gasteiger partial charge is 0.313 e. The summed E-state index contributed by atoms with van der Waals surface area (Å²) in [6.45, 7) is 4.90. The van der Waals surface area contributed by atoms with Gasteiger partial charge in [0.2, 0.25) is 0 Å². The average molecular weight is 317 g/mol. The summed E-state index contributed by atoms with van der Waals surface area (Å²) in [5, 5.41) is 15.7.